The lowest BCUT2D eigenvalue weighted by molar-refractivity contribution is -0.0817. The predicted molar refractivity (Wildman–Crippen MR) is 102 cm³/mol. The number of guanidine groups is 1. The molecule has 3 heterocycles. The van der Waals surface area contributed by atoms with Crippen LogP contribution < -0.4 is 5.32 Å². The van der Waals surface area contributed by atoms with Crippen molar-refractivity contribution < 1.29 is 9.47 Å². The minimum atomic E-state index is 0. The summed E-state index contributed by atoms with van der Waals surface area (Å²) >= 11 is 0. The molecule has 9 heteroatoms. The average molecular weight is 450 g/mol. The summed E-state index contributed by atoms with van der Waals surface area (Å²) in [5.41, 5.74) is 0. The molecule has 136 valence electrons. The molecule has 0 spiro atoms. The highest BCUT2D eigenvalue weighted by Crippen LogP contribution is 2.21. The number of aromatic nitrogens is 3. The molecule has 2 fully saturated rings. The first-order valence-electron chi connectivity index (χ1n) is 8.37. The van der Waals surface area contributed by atoms with Crippen LogP contribution in [0.5, 0.6) is 0 Å². The number of aryl methyl sites for hydroxylation is 1. The predicted octanol–water partition coefficient (Wildman–Crippen LogP) is 0.778. The molecule has 0 aromatic carbocycles. The van der Waals surface area contributed by atoms with E-state index in [1.807, 2.05) is 11.6 Å². The lowest BCUT2D eigenvalue weighted by Crippen LogP contribution is -2.53. The van der Waals surface area contributed by atoms with Gasteiger partial charge >= 0.3 is 0 Å². The van der Waals surface area contributed by atoms with E-state index in [0.717, 1.165) is 50.9 Å². The number of nitrogens with one attached hydrogen (secondary N) is 1. The summed E-state index contributed by atoms with van der Waals surface area (Å²) in [4.78, 5) is 6.97. The Kier molecular flexibility index (Phi) is 7.69. The van der Waals surface area contributed by atoms with Crippen LogP contribution >= 0.6 is 24.0 Å². The van der Waals surface area contributed by atoms with E-state index in [1.165, 1.54) is 0 Å². The second-order valence-electron chi connectivity index (χ2n) is 5.93. The maximum absolute atomic E-state index is 5.91. The molecule has 24 heavy (non-hydrogen) atoms. The maximum atomic E-state index is 5.91. The fourth-order valence-electron chi connectivity index (χ4n) is 3.01. The number of ether oxygens (including phenoxy) is 2. The Morgan fingerprint density at radius 2 is 2.21 bits per heavy atom. The van der Waals surface area contributed by atoms with Crippen LogP contribution in [0.3, 0.4) is 0 Å². The Balaban J connectivity index is 0.00000208. The molecule has 1 N–H and O–H groups in total. The standard InChI is InChI=1S/C15H26N6O2.HI/c1-3-16-15(17-9-14-19-18-11-20(14)2)21-6-8-23-13(10-21)12-5-4-7-22-12;/h11-13H,3-10H2,1-2H3,(H,16,17);1H. The third-order valence-electron chi connectivity index (χ3n) is 4.28. The van der Waals surface area contributed by atoms with Gasteiger partial charge in [-0.1, -0.05) is 0 Å². The smallest absolute Gasteiger partial charge is 0.194 e. The fraction of sp³-hybridized carbons (Fsp3) is 0.800. The third-order valence-corrected chi connectivity index (χ3v) is 4.28. The van der Waals surface area contributed by atoms with Crippen LogP contribution in [0, 0.1) is 0 Å². The Morgan fingerprint density at radius 3 is 2.88 bits per heavy atom. The molecule has 1 aromatic rings. The van der Waals surface area contributed by atoms with Crippen LogP contribution in [0.15, 0.2) is 11.3 Å². The van der Waals surface area contributed by atoms with E-state index in [-0.39, 0.29) is 36.2 Å². The number of halogens is 1. The van der Waals surface area contributed by atoms with E-state index in [9.17, 15) is 0 Å². The highest BCUT2D eigenvalue weighted by atomic mass is 127. The van der Waals surface area contributed by atoms with Crippen LogP contribution in [0.25, 0.3) is 0 Å². The summed E-state index contributed by atoms with van der Waals surface area (Å²) in [5, 5.41) is 11.3. The van der Waals surface area contributed by atoms with Crippen molar-refractivity contribution >= 4 is 29.9 Å². The summed E-state index contributed by atoms with van der Waals surface area (Å²) in [5.74, 6) is 1.76. The topological polar surface area (TPSA) is 76.8 Å². The van der Waals surface area contributed by atoms with Gasteiger partial charge in [0.05, 0.1) is 12.7 Å². The van der Waals surface area contributed by atoms with Crippen molar-refractivity contribution in [2.75, 3.05) is 32.8 Å². The molecule has 0 amide bonds. The molecule has 2 aliphatic heterocycles. The first-order valence-corrected chi connectivity index (χ1v) is 8.37. The summed E-state index contributed by atoms with van der Waals surface area (Å²) in [6.45, 7) is 6.64. The van der Waals surface area contributed by atoms with E-state index >= 15 is 0 Å². The molecule has 2 aliphatic rings. The van der Waals surface area contributed by atoms with Gasteiger partial charge in [-0.15, -0.1) is 34.2 Å². The van der Waals surface area contributed by atoms with Crippen LogP contribution in [0.2, 0.25) is 0 Å². The molecule has 0 radical (unpaired) electrons. The van der Waals surface area contributed by atoms with Gasteiger partial charge < -0.3 is 24.3 Å². The second kappa shape index (κ2) is 9.52. The SMILES string of the molecule is CCNC(=NCc1nncn1C)N1CCOC(C2CCCO2)C1.I. The quantitative estimate of drug-likeness (QED) is 0.415. The molecule has 2 unspecified atom stereocenters. The molecule has 3 rings (SSSR count). The van der Waals surface area contributed by atoms with E-state index in [4.69, 9.17) is 14.5 Å². The zero-order valence-electron chi connectivity index (χ0n) is 14.3. The number of nitrogens with zero attached hydrogens (tertiary/aromatic N) is 5. The van der Waals surface area contributed by atoms with Crippen molar-refractivity contribution in [2.24, 2.45) is 12.0 Å². The number of rotatable bonds is 4. The monoisotopic (exact) mass is 450 g/mol. The average Bonchev–Trinajstić information content (AvgIpc) is 3.23. The Bertz CT molecular complexity index is 532. The molecule has 2 saturated heterocycles. The van der Waals surface area contributed by atoms with Crippen molar-refractivity contribution in [3.63, 3.8) is 0 Å². The Hall–Kier alpha value is -0.940. The van der Waals surface area contributed by atoms with Crippen LogP contribution in [-0.2, 0) is 23.1 Å². The van der Waals surface area contributed by atoms with Crippen LogP contribution in [0.4, 0.5) is 0 Å². The van der Waals surface area contributed by atoms with Crippen molar-refractivity contribution in [1.29, 1.82) is 0 Å². The van der Waals surface area contributed by atoms with Crippen LogP contribution in [-0.4, -0.2) is 70.7 Å². The van der Waals surface area contributed by atoms with Crippen molar-refractivity contribution in [2.45, 2.75) is 38.5 Å². The first kappa shape index (κ1) is 19.4. The molecular formula is C15H27IN6O2. The van der Waals surface area contributed by atoms with Gasteiger partial charge in [0.2, 0.25) is 0 Å². The zero-order valence-corrected chi connectivity index (χ0v) is 16.7. The molecule has 0 aliphatic carbocycles. The fourth-order valence-corrected chi connectivity index (χ4v) is 3.01. The van der Waals surface area contributed by atoms with Gasteiger partial charge in [0.15, 0.2) is 11.8 Å². The zero-order chi connectivity index (χ0) is 16.1. The van der Waals surface area contributed by atoms with Gasteiger partial charge in [-0.05, 0) is 19.8 Å². The van der Waals surface area contributed by atoms with Gasteiger partial charge in [0.25, 0.3) is 0 Å². The molecule has 1 aromatic heterocycles. The minimum Gasteiger partial charge on any atom is -0.375 e. The Labute approximate surface area is 160 Å². The number of hydrogen-bond donors (Lipinski definition) is 1. The molecular weight excluding hydrogens is 423 g/mol. The lowest BCUT2D eigenvalue weighted by Gasteiger charge is -2.37. The summed E-state index contributed by atoms with van der Waals surface area (Å²) < 4.78 is 13.6. The van der Waals surface area contributed by atoms with E-state index < -0.39 is 0 Å². The van der Waals surface area contributed by atoms with Gasteiger partial charge in [0.1, 0.15) is 19.0 Å². The molecule has 0 bridgehead atoms. The maximum Gasteiger partial charge on any atom is 0.194 e. The third kappa shape index (κ3) is 4.79. The van der Waals surface area contributed by atoms with Gasteiger partial charge in [-0.3, -0.25) is 0 Å². The molecule has 0 saturated carbocycles. The van der Waals surface area contributed by atoms with E-state index in [0.29, 0.717) is 13.2 Å². The lowest BCUT2D eigenvalue weighted by atomic mass is 10.1. The van der Waals surface area contributed by atoms with Crippen LogP contribution in [0.1, 0.15) is 25.6 Å². The van der Waals surface area contributed by atoms with Gasteiger partial charge in [-0.2, -0.15) is 0 Å². The first-order chi connectivity index (χ1) is 11.3. The highest BCUT2D eigenvalue weighted by Gasteiger charge is 2.32. The van der Waals surface area contributed by atoms with E-state index in [2.05, 4.69) is 27.3 Å². The molecule has 2 atom stereocenters. The summed E-state index contributed by atoms with van der Waals surface area (Å²) in [6.07, 6.45) is 4.26. The number of hydrogen-bond acceptors (Lipinski definition) is 5. The Morgan fingerprint density at radius 1 is 1.38 bits per heavy atom. The minimum absolute atomic E-state index is 0. The number of morpholine rings is 1. The highest BCUT2D eigenvalue weighted by molar-refractivity contribution is 14.0. The normalized spacial score (nSPS) is 24.8. The van der Waals surface area contributed by atoms with Crippen molar-refractivity contribution in [1.82, 2.24) is 25.0 Å². The van der Waals surface area contributed by atoms with Crippen molar-refractivity contribution in [3.8, 4) is 0 Å². The van der Waals surface area contributed by atoms with Crippen molar-refractivity contribution in [3.05, 3.63) is 12.2 Å². The second-order valence-corrected chi connectivity index (χ2v) is 5.93. The van der Waals surface area contributed by atoms with E-state index in [1.54, 1.807) is 6.33 Å². The summed E-state index contributed by atoms with van der Waals surface area (Å²) in [7, 11) is 1.93. The molecule has 8 nitrogen and oxygen atoms in total. The van der Waals surface area contributed by atoms with Gasteiger partial charge in [0, 0.05) is 33.3 Å². The number of aliphatic imine (C=N–C) groups is 1. The van der Waals surface area contributed by atoms with Gasteiger partial charge in [-0.25, -0.2) is 4.99 Å². The summed E-state index contributed by atoms with van der Waals surface area (Å²) in [6, 6.07) is 0. The largest absolute Gasteiger partial charge is 0.375 e.